The summed E-state index contributed by atoms with van der Waals surface area (Å²) in [5.74, 6) is 0. The molecule has 4 rings (SSSR count). The molecule has 0 radical (unpaired) electrons. The van der Waals surface area contributed by atoms with Crippen LogP contribution in [0.15, 0.2) is 30.6 Å². The second kappa shape index (κ2) is 7.12. The highest BCUT2D eigenvalue weighted by atomic mass is 16.5. The molecule has 2 aromatic heterocycles. The first-order valence-electron chi connectivity index (χ1n) is 8.53. The lowest BCUT2D eigenvalue weighted by Crippen LogP contribution is -2.52. The number of hydrogen-bond acceptors (Lipinski definition) is 7. The minimum Gasteiger partial charge on any atom is -0.375 e. The molecule has 0 amide bonds. The lowest BCUT2D eigenvalue weighted by atomic mass is 10.0. The SMILES string of the molecule is NCCCCOC1CN(c2cc(-c3ccnnc3)cc3n[nH]nc23)C1. The Labute approximate surface area is 145 Å². The third-order valence-corrected chi connectivity index (χ3v) is 4.46. The van der Waals surface area contributed by atoms with E-state index in [9.17, 15) is 0 Å². The zero-order valence-electron chi connectivity index (χ0n) is 13.9. The molecule has 1 fully saturated rings. The first-order valence-corrected chi connectivity index (χ1v) is 8.53. The summed E-state index contributed by atoms with van der Waals surface area (Å²) in [6.07, 6.45) is 5.75. The van der Waals surface area contributed by atoms with Crippen molar-refractivity contribution < 1.29 is 4.74 Å². The van der Waals surface area contributed by atoms with Gasteiger partial charge in [-0.1, -0.05) is 0 Å². The normalized spacial score (nSPS) is 14.8. The molecule has 0 spiro atoms. The molecule has 1 saturated heterocycles. The molecule has 25 heavy (non-hydrogen) atoms. The minimum absolute atomic E-state index is 0.269. The van der Waals surface area contributed by atoms with Crippen molar-refractivity contribution in [2.45, 2.75) is 18.9 Å². The summed E-state index contributed by atoms with van der Waals surface area (Å²) in [6, 6.07) is 6.09. The number of H-pyrrole nitrogens is 1. The number of ether oxygens (including phenoxy) is 1. The predicted octanol–water partition coefficient (Wildman–Crippen LogP) is 1.36. The van der Waals surface area contributed by atoms with Gasteiger partial charge in [0.2, 0.25) is 0 Å². The van der Waals surface area contributed by atoms with Gasteiger partial charge in [-0.25, -0.2) is 0 Å². The van der Waals surface area contributed by atoms with Gasteiger partial charge < -0.3 is 15.4 Å². The molecule has 0 unspecified atom stereocenters. The first kappa shape index (κ1) is 15.9. The van der Waals surface area contributed by atoms with Crippen LogP contribution in [-0.2, 0) is 4.74 Å². The second-order valence-corrected chi connectivity index (χ2v) is 6.21. The number of nitrogens with two attached hydrogens (primary N) is 1. The molecule has 3 N–H and O–H groups in total. The number of anilines is 1. The van der Waals surface area contributed by atoms with Gasteiger partial charge in [0.25, 0.3) is 0 Å². The Morgan fingerprint density at radius 3 is 2.88 bits per heavy atom. The average Bonchev–Trinajstić information content (AvgIpc) is 3.09. The van der Waals surface area contributed by atoms with Crippen molar-refractivity contribution in [3.8, 4) is 11.1 Å². The molecule has 0 atom stereocenters. The van der Waals surface area contributed by atoms with E-state index in [4.69, 9.17) is 10.5 Å². The van der Waals surface area contributed by atoms with Crippen LogP contribution in [0.1, 0.15) is 12.8 Å². The fourth-order valence-electron chi connectivity index (χ4n) is 3.04. The third-order valence-electron chi connectivity index (χ3n) is 4.46. The molecule has 1 aromatic carbocycles. The van der Waals surface area contributed by atoms with E-state index in [2.05, 4.69) is 36.6 Å². The Morgan fingerprint density at radius 1 is 1.16 bits per heavy atom. The van der Waals surface area contributed by atoms with E-state index in [0.29, 0.717) is 0 Å². The van der Waals surface area contributed by atoms with E-state index >= 15 is 0 Å². The summed E-state index contributed by atoms with van der Waals surface area (Å²) >= 11 is 0. The quantitative estimate of drug-likeness (QED) is 0.626. The van der Waals surface area contributed by atoms with Gasteiger partial charge >= 0.3 is 0 Å². The van der Waals surface area contributed by atoms with Crippen LogP contribution in [0.5, 0.6) is 0 Å². The molecule has 0 saturated carbocycles. The fraction of sp³-hybridized carbons (Fsp3) is 0.412. The van der Waals surface area contributed by atoms with Crippen molar-refractivity contribution in [1.82, 2.24) is 25.6 Å². The standard InChI is InChI=1S/C17H21N7O/c18-4-1-2-6-25-14-10-24(11-14)16-8-13(12-3-5-19-20-9-12)7-15-17(16)22-23-21-15/h3,5,7-9,14H,1-2,4,6,10-11,18H2,(H,21,22,23). The van der Waals surface area contributed by atoms with Gasteiger partial charge in [-0.15, -0.1) is 0 Å². The van der Waals surface area contributed by atoms with Crippen molar-refractivity contribution in [3.05, 3.63) is 30.6 Å². The molecular formula is C17H21N7O. The zero-order chi connectivity index (χ0) is 17.1. The number of nitrogens with one attached hydrogen (secondary N) is 1. The van der Waals surface area contributed by atoms with Crippen LogP contribution in [-0.4, -0.2) is 58.0 Å². The Bertz CT molecular complexity index is 829. The maximum Gasteiger partial charge on any atom is 0.136 e. The van der Waals surface area contributed by atoms with Crippen molar-refractivity contribution in [1.29, 1.82) is 0 Å². The van der Waals surface area contributed by atoms with Crippen molar-refractivity contribution >= 4 is 16.7 Å². The number of aromatic nitrogens is 5. The largest absolute Gasteiger partial charge is 0.375 e. The maximum absolute atomic E-state index is 5.88. The van der Waals surface area contributed by atoms with E-state index in [1.165, 1.54) is 0 Å². The molecule has 0 bridgehead atoms. The number of rotatable bonds is 7. The van der Waals surface area contributed by atoms with Crippen molar-refractivity contribution in [2.24, 2.45) is 5.73 Å². The van der Waals surface area contributed by atoms with Crippen LogP contribution in [0, 0.1) is 0 Å². The molecule has 3 aromatic rings. The van der Waals surface area contributed by atoms with E-state index in [-0.39, 0.29) is 6.10 Å². The monoisotopic (exact) mass is 339 g/mol. The van der Waals surface area contributed by atoms with Gasteiger partial charge in [-0.05, 0) is 43.1 Å². The van der Waals surface area contributed by atoms with Crippen LogP contribution in [0.2, 0.25) is 0 Å². The number of benzene rings is 1. The molecular weight excluding hydrogens is 318 g/mol. The van der Waals surface area contributed by atoms with Crippen molar-refractivity contribution in [2.75, 3.05) is 31.1 Å². The summed E-state index contributed by atoms with van der Waals surface area (Å²) in [4.78, 5) is 2.27. The lowest BCUT2D eigenvalue weighted by Gasteiger charge is -2.40. The molecule has 0 aliphatic carbocycles. The van der Waals surface area contributed by atoms with E-state index in [1.807, 2.05) is 12.1 Å². The Kier molecular flexibility index (Phi) is 4.53. The number of unbranched alkanes of at least 4 members (excludes halogenated alkanes) is 1. The summed E-state index contributed by atoms with van der Waals surface area (Å²) in [6.45, 7) is 3.23. The fourth-order valence-corrected chi connectivity index (χ4v) is 3.04. The van der Waals surface area contributed by atoms with Crippen LogP contribution in [0.25, 0.3) is 22.2 Å². The predicted molar refractivity (Wildman–Crippen MR) is 95.2 cm³/mol. The van der Waals surface area contributed by atoms with Gasteiger partial charge in [-0.2, -0.15) is 25.6 Å². The van der Waals surface area contributed by atoms with Gasteiger partial charge in [0, 0.05) is 25.3 Å². The number of nitrogens with zero attached hydrogens (tertiary/aromatic N) is 5. The number of hydrogen-bond donors (Lipinski definition) is 2. The lowest BCUT2D eigenvalue weighted by molar-refractivity contribution is 0.0326. The van der Waals surface area contributed by atoms with Gasteiger partial charge in [0.15, 0.2) is 0 Å². The number of aromatic amines is 1. The topological polar surface area (TPSA) is 106 Å². The summed E-state index contributed by atoms with van der Waals surface area (Å²) in [7, 11) is 0. The molecule has 8 heteroatoms. The summed E-state index contributed by atoms with van der Waals surface area (Å²) in [5.41, 5.74) is 10.4. The van der Waals surface area contributed by atoms with Gasteiger partial charge in [0.1, 0.15) is 11.0 Å². The minimum atomic E-state index is 0.269. The molecule has 8 nitrogen and oxygen atoms in total. The Balaban J connectivity index is 1.51. The maximum atomic E-state index is 5.88. The van der Waals surface area contributed by atoms with Crippen LogP contribution in [0.3, 0.4) is 0 Å². The Hall–Kier alpha value is -2.58. The highest BCUT2D eigenvalue weighted by molar-refractivity contribution is 5.93. The van der Waals surface area contributed by atoms with Crippen LogP contribution >= 0.6 is 0 Å². The summed E-state index contributed by atoms with van der Waals surface area (Å²) < 4.78 is 5.88. The molecule has 3 heterocycles. The summed E-state index contributed by atoms with van der Waals surface area (Å²) in [5, 5.41) is 19.1. The molecule has 1 aliphatic heterocycles. The van der Waals surface area contributed by atoms with Crippen LogP contribution in [0.4, 0.5) is 5.69 Å². The van der Waals surface area contributed by atoms with Crippen molar-refractivity contribution in [3.63, 3.8) is 0 Å². The highest BCUT2D eigenvalue weighted by Gasteiger charge is 2.29. The molecule has 1 aliphatic rings. The van der Waals surface area contributed by atoms with E-state index in [1.54, 1.807) is 12.4 Å². The van der Waals surface area contributed by atoms with E-state index in [0.717, 1.165) is 66.9 Å². The number of fused-ring (bicyclic) bond motifs is 1. The first-order chi connectivity index (χ1) is 12.3. The third kappa shape index (κ3) is 3.31. The van der Waals surface area contributed by atoms with E-state index < -0.39 is 0 Å². The zero-order valence-corrected chi connectivity index (χ0v) is 13.9. The second-order valence-electron chi connectivity index (χ2n) is 6.21. The van der Waals surface area contributed by atoms with Gasteiger partial charge in [-0.3, -0.25) is 0 Å². The molecule has 130 valence electrons. The van der Waals surface area contributed by atoms with Gasteiger partial charge in [0.05, 0.1) is 24.2 Å². The Morgan fingerprint density at radius 2 is 2.08 bits per heavy atom. The van der Waals surface area contributed by atoms with Crippen LogP contribution < -0.4 is 10.6 Å². The highest BCUT2D eigenvalue weighted by Crippen LogP contribution is 2.33. The average molecular weight is 339 g/mol. The smallest absolute Gasteiger partial charge is 0.136 e.